The highest BCUT2D eigenvalue weighted by atomic mass is 35.5. The number of aromatic nitrogens is 2. The Kier molecular flexibility index (Phi) is 6.81. The van der Waals surface area contributed by atoms with Gasteiger partial charge in [-0.05, 0) is 80.7 Å². The summed E-state index contributed by atoms with van der Waals surface area (Å²) in [5, 5.41) is 9.84. The topological polar surface area (TPSA) is 86.0 Å². The number of carbonyl (C=O) groups is 1. The number of benzene rings is 3. The molecule has 0 spiro atoms. The van der Waals surface area contributed by atoms with Crippen molar-refractivity contribution in [2.45, 2.75) is 50.7 Å². The first-order valence-corrected chi connectivity index (χ1v) is 14.3. The molecule has 1 aromatic heterocycles. The second-order valence-corrected chi connectivity index (χ2v) is 11.3. The standard InChI is InChI=1S/C31H29ClFN3O5/c32-20-5-6-23(24(33)15-20)31-40-27-3-1-2-22(29(27)41-31)18-8-11-35(12-9-18)17-28-34-25-7-4-19(30(37)38)14-26(25)36(28)16-21-10-13-39-21/h1-7,14-15,18,21,31H,8-13,16-17H2,(H,37,38)/t21-,31?/m0/s1. The van der Waals surface area contributed by atoms with Crippen molar-refractivity contribution in [1.29, 1.82) is 0 Å². The molecule has 4 aromatic rings. The number of para-hydroxylation sites is 1. The van der Waals surface area contributed by atoms with E-state index in [1.54, 1.807) is 30.3 Å². The number of carboxylic acids is 1. The molecule has 1 N–H and O–H groups in total. The fourth-order valence-corrected chi connectivity index (χ4v) is 6.16. The van der Waals surface area contributed by atoms with Gasteiger partial charge in [0.2, 0.25) is 0 Å². The fraction of sp³-hybridized carbons (Fsp3) is 0.355. The lowest BCUT2D eigenvalue weighted by molar-refractivity contribution is -0.0592. The summed E-state index contributed by atoms with van der Waals surface area (Å²) in [6, 6.07) is 15.5. The zero-order valence-electron chi connectivity index (χ0n) is 22.3. The van der Waals surface area contributed by atoms with Crippen LogP contribution in [0.25, 0.3) is 11.0 Å². The Labute approximate surface area is 241 Å². The van der Waals surface area contributed by atoms with Crippen LogP contribution in [0.5, 0.6) is 11.5 Å². The maximum absolute atomic E-state index is 14.6. The molecular formula is C31H29ClFN3O5. The van der Waals surface area contributed by atoms with E-state index in [1.807, 2.05) is 12.1 Å². The molecule has 0 amide bonds. The molecule has 2 saturated heterocycles. The van der Waals surface area contributed by atoms with Crippen LogP contribution in [-0.4, -0.2) is 51.3 Å². The summed E-state index contributed by atoms with van der Waals surface area (Å²) in [6.07, 6.45) is 2.11. The molecule has 1 unspecified atom stereocenters. The molecule has 41 heavy (non-hydrogen) atoms. The highest BCUT2D eigenvalue weighted by Gasteiger charge is 2.33. The van der Waals surface area contributed by atoms with E-state index >= 15 is 0 Å². The molecule has 3 aliphatic heterocycles. The zero-order valence-corrected chi connectivity index (χ0v) is 23.0. The summed E-state index contributed by atoms with van der Waals surface area (Å²) >= 11 is 5.92. The minimum absolute atomic E-state index is 0.123. The molecule has 2 atom stereocenters. The average molecular weight is 578 g/mol. The second-order valence-electron chi connectivity index (χ2n) is 10.9. The lowest BCUT2D eigenvalue weighted by Gasteiger charge is -2.33. The summed E-state index contributed by atoms with van der Waals surface area (Å²) in [7, 11) is 0. The minimum atomic E-state index is -0.949. The molecule has 8 nitrogen and oxygen atoms in total. The van der Waals surface area contributed by atoms with Gasteiger partial charge >= 0.3 is 5.97 Å². The smallest absolute Gasteiger partial charge is 0.335 e. The van der Waals surface area contributed by atoms with Gasteiger partial charge in [0.25, 0.3) is 6.29 Å². The van der Waals surface area contributed by atoms with Crippen molar-refractivity contribution in [2.75, 3.05) is 19.7 Å². The fourth-order valence-electron chi connectivity index (χ4n) is 6.00. The van der Waals surface area contributed by atoms with E-state index in [0.717, 1.165) is 61.4 Å². The highest BCUT2D eigenvalue weighted by Crippen LogP contribution is 2.47. The van der Waals surface area contributed by atoms with Gasteiger partial charge in [-0.15, -0.1) is 0 Å². The van der Waals surface area contributed by atoms with Crippen molar-refractivity contribution in [2.24, 2.45) is 0 Å². The van der Waals surface area contributed by atoms with Crippen LogP contribution in [0.1, 0.15) is 58.8 Å². The summed E-state index contributed by atoms with van der Waals surface area (Å²) in [5.74, 6) is 1.09. The maximum Gasteiger partial charge on any atom is 0.335 e. The van der Waals surface area contributed by atoms with Crippen LogP contribution in [0.2, 0.25) is 5.02 Å². The highest BCUT2D eigenvalue weighted by molar-refractivity contribution is 6.30. The van der Waals surface area contributed by atoms with Gasteiger partial charge < -0.3 is 23.9 Å². The zero-order chi connectivity index (χ0) is 28.1. The van der Waals surface area contributed by atoms with Gasteiger partial charge in [-0.3, -0.25) is 4.90 Å². The quantitative estimate of drug-likeness (QED) is 0.281. The first-order chi connectivity index (χ1) is 19.9. The third kappa shape index (κ3) is 5.03. The van der Waals surface area contributed by atoms with Gasteiger partial charge in [-0.25, -0.2) is 14.2 Å². The lowest BCUT2D eigenvalue weighted by atomic mass is 9.88. The Bertz CT molecular complexity index is 1630. The predicted molar refractivity (Wildman–Crippen MR) is 150 cm³/mol. The minimum Gasteiger partial charge on any atom is -0.478 e. The number of fused-ring (bicyclic) bond motifs is 2. The van der Waals surface area contributed by atoms with Crippen LogP contribution in [0.15, 0.2) is 54.6 Å². The van der Waals surface area contributed by atoms with E-state index in [4.69, 9.17) is 30.8 Å². The van der Waals surface area contributed by atoms with Crippen LogP contribution in [0.4, 0.5) is 4.39 Å². The molecule has 2 fully saturated rings. The van der Waals surface area contributed by atoms with Gasteiger partial charge in [0.05, 0.1) is 41.4 Å². The predicted octanol–water partition coefficient (Wildman–Crippen LogP) is 6.17. The Morgan fingerprint density at radius 3 is 2.61 bits per heavy atom. The molecule has 0 saturated carbocycles. The first kappa shape index (κ1) is 26.3. The molecule has 3 aliphatic rings. The number of ether oxygens (including phenoxy) is 3. The van der Waals surface area contributed by atoms with Crippen LogP contribution >= 0.6 is 11.6 Å². The number of piperidine rings is 1. The van der Waals surface area contributed by atoms with Crippen LogP contribution in [0, 0.1) is 5.82 Å². The van der Waals surface area contributed by atoms with Crippen molar-refractivity contribution < 1.29 is 28.5 Å². The third-order valence-corrected chi connectivity index (χ3v) is 8.57. The van der Waals surface area contributed by atoms with Crippen molar-refractivity contribution >= 4 is 28.6 Å². The summed E-state index contributed by atoms with van der Waals surface area (Å²) in [4.78, 5) is 18.9. The molecule has 10 heteroatoms. The Morgan fingerprint density at radius 1 is 1.05 bits per heavy atom. The van der Waals surface area contributed by atoms with E-state index in [1.165, 1.54) is 6.07 Å². The van der Waals surface area contributed by atoms with Crippen LogP contribution < -0.4 is 9.47 Å². The number of likely N-dealkylation sites (tertiary alicyclic amines) is 1. The van der Waals surface area contributed by atoms with E-state index in [9.17, 15) is 14.3 Å². The summed E-state index contributed by atoms with van der Waals surface area (Å²) < 4.78 is 34.5. The number of rotatable bonds is 7. The number of imidazole rings is 1. The molecule has 3 aromatic carbocycles. The number of hydrogen-bond donors (Lipinski definition) is 1. The molecule has 212 valence electrons. The van der Waals surface area contributed by atoms with Crippen LogP contribution in [0.3, 0.4) is 0 Å². The molecule has 4 heterocycles. The van der Waals surface area contributed by atoms with E-state index < -0.39 is 18.1 Å². The maximum atomic E-state index is 14.6. The largest absolute Gasteiger partial charge is 0.478 e. The number of nitrogens with zero attached hydrogens (tertiary/aromatic N) is 3. The average Bonchev–Trinajstić information content (AvgIpc) is 3.51. The Morgan fingerprint density at radius 2 is 1.88 bits per heavy atom. The van der Waals surface area contributed by atoms with Crippen molar-refractivity contribution in [3.05, 3.63) is 88.0 Å². The lowest BCUT2D eigenvalue weighted by Crippen LogP contribution is -2.35. The summed E-state index contributed by atoms with van der Waals surface area (Å²) in [5.41, 5.74) is 3.27. The number of aromatic carboxylic acids is 1. The molecule has 7 rings (SSSR count). The second kappa shape index (κ2) is 10.6. The van der Waals surface area contributed by atoms with Crippen molar-refractivity contribution in [1.82, 2.24) is 14.5 Å². The summed E-state index contributed by atoms with van der Waals surface area (Å²) in [6.45, 7) is 3.82. The van der Waals surface area contributed by atoms with Gasteiger partial charge in [0.1, 0.15) is 11.6 Å². The normalized spacial score (nSPS) is 20.8. The Balaban J connectivity index is 1.06. The van der Waals surface area contributed by atoms with Gasteiger partial charge in [-0.2, -0.15) is 0 Å². The van der Waals surface area contributed by atoms with Gasteiger partial charge in [0, 0.05) is 17.2 Å². The number of hydrogen-bond acceptors (Lipinski definition) is 6. The Hall–Kier alpha value is -3.66. The monoisotopic (exact) mass is 577 g/mol. The van der Waals surface area contributed by atoms with Crippen molar-refractivity contribution in [3.63, 3.8) is 0 Å². The van der Waals surface area contributed by atoms with E-state index in [2.05, 4.69) is 15.5 Å². The van der Waals surface area contributed by atoms with E-state index in [-0.39, 0.29) is 17.6 Å². The van der Waals surface area contributed by atoms with Crippen molar-refractivity contribution in [3.8, 4) is 11.5 Å². The first-order valence-electron chi connectivity index (χ1n) is 13.9. The molecule has 0 radical (unpaired) electrons. The van der Waals surface area contributed by atoms with Gasteiger partial charge in [-0.1, -0.05) is 23.7 Å². The third-order valence-electron chi connectivity index (χ3n) is 8.33. The molecule has 0 bridgehead atoms. The number of halogens is 2. The molecular weight excluding hydrogens is 549 g/mol. The van der Waals surface area contributed by atoms with E-state index in [0.29, 0.717) is 35.2 Å². The SMILES string of the molecule is O=C(O)c1ccc2nc(CN3CCC(c4cccc5c4OC(c4ccc(Cl)cc4F)O5)CC3)n(C[C@@H]3CCO3)c2c1. The van der Waals surface area contributed by atoms with Gasteiger partial charge in [0.15, 0.2) is 11.5 Å². The van der Waals surface area contributed by atoms with Crippen LogP contribution in [-0.2, 0) is 17.8 Å². The molecule has 0 aliphatic carbocycles. The number of carboxylic acid groups (broad SMARTS) is 1.